The number of hydrogen-bond donors (Lipinski definition) is 1. The van der Waals surface area contributed by atoms with Gasteiger partial charge < -0.3 is 5.73 Å². The first-order valence-electron chi connectivity index (χ1n) is 5.54. The predicted molar refractivity (Wildman–Crippen MR) is 60.3 cm³/mol. The average molecular weight is 189 g/mol. The Balaban J connectivity index is 2.16. The second-order valence-corrected chi connectivity index (χ2v) is 4.49. The SMILES string of the molecule is CCC1C(N)CC1c1cccc(C)c1. The van der Waals surface area contributed by atoms with E-state index in [-0.39, 0.29) is 0 Å². The number of hydrogen-bond acceptors (Lipinski definition) is 1. The Hall–Kier alpha value is -0.820. The van der Waals surface area contributed by atoms with Crippen molar-refractivity contribution in [3.63, 3.8) is 0 Å². The zero-order valence-electron chi connectivity index (χ0n) is 9.03. The van der Waals surface area contributed by atoms with Crippen LogP contribution in [0.15, 0.2) is 24.3 Å². The van der Waals surface area contributed by atoms with Gasteiger partial charge in [-0.25, -0.2) is 0 Å². The van der Waals surface area contributed by atoms with Crippen LogP contribution >= 0.6 is 0 Å². The van der Waals surface area contributed by atoms with Crippen LogP contribution in [0.1, 0.15) is 36.8 Å². The van der Waals surface area contributed by atoms with E-state index in [2.05, 4.69) is 38.1 Å². The van der Waals surface area contributed by atoms with Gasteiger partial charge in [-0.1, -0.05) is 43.2 Å². The minimum Gasteiger partial charge on any atom is -0.327 e. The van der Waals surface area contributed by atoms with Crippen LogP contribution in [0.4, 0.5) is 0 Å². The van der Waals surface area contributed by atoms with Gasteiger partial charge in [-0.15, -0.1) is 0 Å². The van der Waals surface area contributed by atoms with Crippen molar-refractivity contribution in [1.29, 1.82) is 0 Å². The molecule has 0 radical (unpaired) electrons. The number of aryl methyl sites for hydroxylation is 1. The number of rotatable bonds is 2. The summed E-state index contributed by atoms with van der Waals surface area (Å²) in [5.41, 5.74) is 8.84. The standard InChI is InChI=1S/C13H19N/c1-3-11-12(8-13(11)14)10-6-4-5-9(2)7-10/h4-7,11-13H,3,8,14H2,1-2H3. The first-order valence-corrected chi connectivity index (χ1v) is 5.54. The van der Waals surface area contributed by atoms with Crippen LogP contribution in [0.3, 0.4) is 0 Å². The van der Waals surface area contributed by atoms with E-state index in [0.717, 1.165) is 5.92 Å². The molecule has 0 bridgehead atoms. The van der Waals surface area contributed by atoms with E-state index in [1.165, 1.54) is 24.0 Å². The van der Waals surface area contributed by atoms with Gasteiger partial charge in [-0.3, -0.25) is 0 Å². The van der Waals surface area contributed by atoms with E-state index in [4.69, 9.17) is 5.73 Å². The first kappa shape index (κ1) is 9.72. The van der Waals surface area contributed by atoms with Gasteiger partial charge in [0.2, 0.25) is 0 Å². The minimum absolute atomic E-state index is 0.436. The van der Waals surface area contributed by atoms with Crippen molar-refractivity contribution in [2.75, 3.05) is 0 Å². The molecular weight excluding hydrogens is 170 g/mol. The van der Waals surface area contributed by atoms with Gasteiger partial charge in [0.25, 0.3) is 0 Å². The van der Waals surface area contributed by atoms with Crippen LogP contribution in [0, 0.1) is 12.8 Å². The molecule has 0 spiro atoms. The Morgan fingerprint density at radius 3 is 2.79 bits per heavy atom. The number of nitrogens with two attached hydrogens (primary N) is 1. The fourth-order valence-electron chi connectivity index (χ4n) is 2.62. The summed E-state index contributed by atoms with van der Waals surface area (Å²) in [5, 5.41) is 0. The molecular formula is C13H19N. The molecule has 1 aliphatic carbocycles. The van der Waals surface area contributed by atoms with E-state index in [1.54, 1.807) is 0 Å². The molecule has 1 heteroatoms. The maximum atomic E-state index is 6.00. The predicted octanol–water partition coefficient (Wildman–Crippen LogP) is 2.84. The summed E-state index contributed by atoms with van der Waals surface area (Å²) in [5.74, 6) is 1.42. The smallest absolute Gasteiger partial charge is 0.00788 e. The topological polar surface area (TPSA) is 26.0 Å². The fraction of sp³-hybridized carbons (Fsp3) is 0.538. The lowest BCUT2D eigenvalue weighted by Crippen LogP contribution is -2.45. The zero-order valence-corrected chi connectivity index (χ0v) is 9.03. The van der Waals surface area contributed by atoms with E-state index in [0.29, 0.717) is 12.0 Å². The van der Waals surface area contributed by atoms with Gasteiger partial charge >= 0.3 is 0 Å². The summed E-state index contributed by atoms with van der Waals surface area (Å²) in [6, 6.07) is 9.29. The van der Waals surface area contributed by atoms with E-state index in [9.17, 15) is 0 Å². The fourth-order valence-corrected chi connectivity index (χ4v) is 2.62. The largest absolute Gasteiger partial charge is 0.327 e. The van der Waals surface area contributed by atoms with Crippen molar-refractivity contribution in [3.8, 4) is 0 Å². The van der Waals surface area contributed by atoms with Crippen LogP contribution < -0.4 is 5.73 Å². The molecule has 0 aromatic heterocycles. The Morgan fingerprint density at radius 1 is 1.43 bits per heavy atom. The Kier molecular flexibility index (Phi) is 2.60. The van der Waals surface area contributed by atoms with Crippen molar-refractivity contribution in [2.24, 2.45) is 11.7 Å². The van der Waals surface area contributed by atoms with Gasteiger partial charge in [0.05, 0.1) is 0 Å². The molecule has 2 N–H and O–H groups in total. The van der Waals surface area contributed by atoms with Gasteiger partial charge in [0.15, 0.2) is 0 Å². The average Bonchev–Trinajstić information content (AvgIpc) is 2.14. The molecule has 1 aliphatic rings. The molecule has 1 nitrogen and oxygen atoms in total. The summed E-state index contributed by atoms with van der Waals surface area (Å²) in [4.78, 5) is 0. The molecule has 3 unspecified atom stereocenters. The summed E-state index contributed by atoms with van der Waals surface area (Å²) in [6.07, 6.45) is 2.38. The van der Waals surface area contributed by atoms with Crippen LogP contribution in [0.25, 0.3) is 0 Å². The van der Waals surface area contributed by atoms with E-state index >= 15 is 0 Å². The third-order valence-corrected chi connectivity index (χ3v) is 3.53. The molecule has 2 rings (SSSR count). The maximum absolute atomic E-state index is 6.00. The quantitative estimate of drug-likeness (QED) is 0.760. The van der Waals surface area contributed by atoms with Crippen molar-refractivity contribution >= 4 is 0 Å². The van der Waals surface area contributed by atoms with Crippen molar-refractivity contribution in [1.82, 2.24) is 0 Å². The van der Waals surface area contributed by atoms with E-state index in [1.807, 2.05) is 0 Å². The first-order chi connectivity index (χ1) is 6.72. The molecule has 14 heavy (non-hydrogen) atoms. The molecule has 0 amide bonds. The molecule has 3 atom stereocenters. The summed E-state index contributed by atoms with van der Waals surface area (Å²) >= 11 is 0. The van der Waals surface area contributed by atoms with E-state index < -0.39 is 0 Å². The van der Waals surface area contributed by atoms with Crippen LogP contribution in [-0.2, 0) is 0 Å². The number of benzene rings is 1. The van der Waals surface area contributed by atoms with Gasteiger partial charge in [0.1, 0.15) is 0 Å². The molecule has 76 valence electrons. The molecule has 1 aromatic carbocycles. The van der Waals surface area contributed by atoms with Crippen LogP contribution in [-0.4, -0.2) is 6.04 Å². The third kappa shape index (κ3) is 1.57. The van der Waals surface area contributed by atoms with Crippen molar-refractivity contribution in [2.45, 2.75) is 38.6 Å². The summed E-state index contributed by atoms with van der Waals surface area (Å²) < 4.78 is 0. The summed E-state index contributed by atoms with van der Waals surface area (Å²) in [7, 11) is 0. The monoisotopic (exact) mass is 189 g/mol. The Bertz CT molecular complexity index is 319. The van der Waals surface area contributed by atoms with Crippen molar-refractivity contribution < 1.29 is 0 Å². The maximum Gasteiger partial charge on any atom is 0.00788 e. The van der Waals surface area contributed by atoms with Gasteiger partial charge in [-0.05, 0) is 30.7 Å². The van der Waals surface area contributed by atoms with Crippen molar-refractivity contribution in [3.05, 3.63) is 35.4 Å². The Labute approximate surface area is 86.3 Å². The highest BCUT2D eigenvalue weighted by molar-refractivity contribution is 5.28. The molecule has 1 aromatic rings. The Morgan fingerprint density at radius 2 is 2.21 bits per heavy atom. The molecule has 1 saturated carbocycles. The second-order valence-electron chi connectivity index (χ2n) is 4.49. The second kappa shape index (κ2) is 3.74. The lowest BCUT2D eigenvalue weighted by Gasteiger charge is -2.43. The molecule has 0 saturated heterocycles. The highest BCUT2D eigenvalue weighted by Crippen LogP contribution is 2.43. The molecule has 1 fully saturated rings. The zero-order chi connectivity index (χ0) is 10.1. The minimum atomic E-state index is 0.436. The highest BCUT2D eigenvalue weighted by atomic mass is 14.7. The highest BCUT2D eigenvalue weighted by Gasteiger charge is 2.37. The van der Waals surface area contributed by atoms with Gasteiger partial charge in [-0.2, -0.15) is 0 Å². The van der Waals surface area contributed by atoms with Crippen LogP contribution in [0.2, 0.25) is 0 Å². The molecule has 0 aliphatic heterocycles. The normalized spacial score (nSPS) is 31.2. The van der Waals surface area contributed by atoms with Crippen LogP contribution in [0.5, 0.6) is 0 Å². The molecule has 0 heterocycles. The summed E-state index contributed by atoms with van der Waals surface area (Å²) in [6.45, 7) is 4.40. The third-order valence-electron chi connectivity index (χ3n) is 3.53. The van der Waals surface area contributed by atoms with Gasteiger partial charge in [0, 0.05) is 6.04 Å². The lowest BCUT2D eigenvalue weighted by atomic mass is 9.65. The lowest BCUT2D eigenvalue weighted by molar-refractivity contribution is 0.198.